The van der Waals surface area contributed by atoms with Crippen molar-refractivity contribution in [2.75, 3.05) is 0 Å². The van der Waals surface area contributed by atoms with Crippen molar-refractivity contribution in [1.82, 2.24) is 0 Å². The van der Waals surface area contributed by atoms with E-state index in [9.17, 15) is 4.79 Å². The van der Waals surface area contributed by atoms with Gasteiger partial charge in [0.05, 0.1) is 0 Å². The van der Waals surface area contributed by atoms with Crippen LogP contribution in [0.5, 0.6) is 0 Å². The van der Waals surface area contributed by atoms with E-state index < -0.39 is 0 Å². The number of rotatable bonds is 7. The summed E-state index contributed by atoms with van der Waals surface area (Å²) in [6.07, 6.45) is 5.34. The van der Waals surface area contributed by atoms with E-state index in [1.807, 2.05) is 0 Å². The molecule has 0 aromatic rings. The summed E-state index contributed by atoms with van der Waals surface area (Å²) in [4.78, 5) is 11.8. The Morgan fingerprint density at radius 2 is 1.33 bits per heavy atom. The van der Waals surface area contributed by atoms with E-state index >= 15 is 0 Å². The second-order valence-corrected chi connectivity index (χ2v) is 5.24. The average molecular weight is 212 g/mol. The fourth-order valence-electron chi connectivity index (χ4n) is 2.44. The molecule has 0 bridgehead atoms. The molecule has 1 heteroatoms. The molecular formula is C14H28O. The molecule has 0 aliphatic heterocycles. The van der Waals surface area contributed by atoms with Gasteiger partial charge in [0.15, 0.2) is 0 Å². The van der Waals surface area contributed by atoms with Gasteiger partial charge in [0.2, 0.25) is 0 Å². The lowest BCUT2D eigenvalue weighted by Gasteiger charge is -2.38. The third-order valence-corrected chi connectivity index (χ3v) is 4.57. The lowest BCUT2D eigenvalue weighted by Crippen LogP contribution is -2.34. The Kier molecular flexibility index (Phi) is 5.55. The van der Waals surface area contributed by atoms with Gasteiger partial charge in [0.25, 0.3) is 0 Å². The standard InChI is InChI=1S/C14H28O/c1-7-13(6,8-2)11-14(9-3,10-4)12(5)15/h7-11H2,1-6H3. The second-order valence-electron chi connectivity index (χ2n) is 5.24. The van der Waals surface area contributed by atoms with Crippen molar-refractivity contribution in [3.8, 4) is 0 Å². The van der Waals surface area contributed by atoms with Crippen LogP contribution in [0.4, 0.5) is 0 Å². The van der Waals surface area contributed by atoms with Gasteiger partial charge in [-0.2, -0.15) is 0 Å². The molecule has 0 aliphatic rings. The zero-order valence-corrected chi connectivity index (χ0v) is 11.4. The SMILES string of the molecule is CCC(C)(CC)CC(CC)(CC)C(C)=O. The van der Waals surface area contributed by atoms with E-state index in [1.165, 1.54) is 12.8 Å². The number of hydrogen-bond acceptors (Lipinski definition) is 1. The monoisotopic (exact) mass is 212 g/mol. The molecule has 0 spiro atoms. The van der Waals surface area contributed by atoms with E-state index in [1.54, 1.807) is 6.92 Å². The normalized spacial score (nSPS) is 12.9. The molecule has 0 N–H and O–H groups in total. The lowest BCUT2D eigenvalue weighted by atomic mass is 9.65. The molecule has 15 heavy (non-hydrogen) atoms. The van der Waals surface area contributed by atoms with E-state index in [0.717, 1.165) is 19.3 Å². The van der Waals surface area contributed by atoms with Crippen molar-refractivity contribution >= 4 is 5.78 Å². The molecule has 0 atom stereocenters. The third-order valence-electron chi connectivity index (χ3n) is 4.57. The highest BCUT2D eigenvalue weighted by Crippen LogP contribution is 2.43. The Labute approximate surface area is 95.6 Å². The Hall–Kier alpha value is -0.330. The van der Waals surface area contributed by atoms with Crippen LogP contribution in [0.3, 0.4) is 0 Å². The molecule has 0 aromatic heterocycles. The van der Waals surface area contributed by atoms with Gasteiger partial charge in [-0.15, -0.1) is 0 Å². The molecule has 1 nitrogen and oxygen atoms in total. The summed E-state index contributed by atoms with van der Waals surface area (Å²) < 4.78 is 0. The number of ketones is 1. The molecule has 0 heterocycles. The van der Waals surface area contributed by atoms with Gasteiger partial charge in [-0.1, -0.05) is 47.5 Å². The molecule has 0 aromatic carbocycles. The van der Waals surface area contributed by atoms with Crippen LogP contribution in [-0.4, -0.2) is 5.78 Å². The van der Waals surface area contributed by atoms with Crippen LogP contribution in [0, 0.1) is 10.8 Å². The maximum absolute atomic E-state index is 11.8. The summed E-state index contributed by atoms with van der Waals surface area (Å²) in [5.74, 6) is 0.376. The largest absolute Gasteiger partial charge is 0.299 e. The van der Waals surface area contributed by atoms with Crippen LogP contribution < -0.4 is 0 Å². The molecule has 0 saturated carbocycles. The predicted molar refractivity (Wildman–Crippen MR) is 67.0 cm³/mol. The molecule has 0 saturated heterocycles. The van der Waals surface area contributed by atoms with Gasteiger partial charge < -0.3 is 0 Å². The number of carbonyl (C=O) groups is 1. The first-order valence-electron chi connectivity index (χ1n) is 6.40. The van der Waals surface area contributed by atoms with Crippen molar-refractivity contribution < 1.29 is 4.79 Å². The average Bonchev–Trinajstić information content (AvgIpc) is 2.25. The van der Waals surface area contributed by atoms with Crippen LogP contribution in [0.15, 0.2) is 0 Å². The summed E-state index contributed by atoms with van der Waals surface area (Å²) in [6.45, 7) is 12.8. The zero-order valence-electron chi connectivity index (χ0n) is 11.4. The van der Waals surface area contributed by atoms with Gasteiger partial charge in [-0.25, -0.2) is 0 Å². The highest BCUT2D eigenvalue weighted by molar-refractivity contribution is 5.82. The Morgan fingerprint density at radius 3 is 1.53 bits per heavy atom. The maximum Gasteiger partial charge on any atom is 0.135 e. The van der Waals surface area contributed by atoms with Gasteiger partial charge >= 0.3 is 0 Å². The summed E-state index contributed by atoms with van der Waals surface area (Å²) in [7, 11) is 0. The zero-order chi connectivity index (χ0) is 12.1. The van der Waals surface area contributed by atoms with E-state index in [2.05, 4.69) is 34.6 Å². The molecule has 0 aliphatic carbocycles. The number of Topliss-reactive ketones (excluding diaryl/α,β-unsaturated/α-hetero) is 1. The first-order chi connectivity index (χ1) is 6.89. The van der Waals surface area contributed by atoms with Crippen molar-refractivity contribution in [2.45, 2.75) is 73.6 Å². The minimum Gasteiger partial charge on any atom is -0.299 e. The molecule has 90 valence electrons. The fraction of sp³-hybridized carbons (Fsp3) is 0.929. The van der Waals surface area contributed by atoms with Gasteiger partial charge in [0.1, 0.15) is 5.78 Å². The van der Waals surface area contributed by atoms with Crippen molar-refractivity contribution in [1.29, 1.82) is 0 Å². The van der Waals surface area contributed by atoms with Crippen LogP contribution in [0.25, 0.3) is 0 Å². The van der Waals surface area contributed by atoms with Crippen molar-refractivity contribution in [3.63, 3.8) is 0 Å². The van der Waals surface area contributed by atoms with E-state index in [4.69, 9.17) is 0 Å². The minimum absolute atomic E-state index is 0.0687. The van der Waals surface area contributed by atoms with Crippen LogP contribution in [0.2, 0.25) is 0 Å². The van der Waals surface area contributed by atoms with Crippen LogP contribution >= 0.6 is 0 Å². The number of hydrogen-bond donors (Lipinski definition) is 0. The molecule has 0 fully saturated rings. The molecule has 0 amide bonds. The smallest absolute Gasteiger partial charge is 0.135 e. The lowest BCUT2D eigenvalue weighted by molar-refractivity contribution is -0.129. The quantitative estimate of drug-likeness (QED) is 0.603. The molecule has 0 radical (unpaired) electrons. The highest BCUT2D eigenvalue weighted by atomic mass is 16.1. The first kappa shape index (κ1) is 14.7. The van der Waals surface area contributed by atoms with Gasteiger partial charge in [-0.3, -0.25) is 4.79 Å². The van der Waals surface area contributed by atoms with Gasteiger partial charge in [-0.05, 0) is 31.6 Å². The van der Waals surface area contributed by atoms with Crippen LogP contribution in [-0.2, 0) is 4.79 Å². The first-order valence-corrected chi connectivity index (χ1v) is 6.40. The van der Waals surface area contributed by atoms with E-state index in [0.29, 0.717) is 11.2 Å². The minimum atomic E-state index is -0.0687. The summed E-state index contributed by atoms with van der Waals surface area (Å²) in [6, 6.07) is 0. The van der Waals surface area contributed by atoms with Crippen LogP contribution in [0.1, 0.15) is 73.6 Å². The predicted octanol–water partition coefficient (Wildman–Crippen LogP) is 4.60. The third kappa shape index (κ3) is 3.32. The van der Waals surface area contributed by atoms with Crippen molar-refractivity contribution in [3.05, 3.63) is 0 Å². The van der Waals surface area contributed by atoms with E-state index in [-0.39, 0.29) is 5.41 Å². The summed E-state index contributed by atoms with van der Waals surface area (Å²) in [5, 5.41) is 0. The Bertz CT molecular complexity index is 197. The molecule has 0 unspecified atom stereocenters. The maximum atomic E-state index is 11.8. The molecule has 0 rings (SSSR count). The van der Waals surface area contributed by atoms with Gasteiger partial charge in [0, 0.05) is 5.41 Å². The Morgan fingerprint density at radius 1 is 0.933 bits per heavy atom. The van der Waals surface area contributed by atoms with Crippen molar-refractivity contribution in [2.24, 2.45) is 10.8 Å². The molecular weight excluding hydrogens is 184 g/mol. The Balaban J connectivity index is 4.89. The topological polar surface area (TPSA) is 17.1 Å². The fourth-order valence-corrected chi connectivity index (χ4v) is 2.44. The number of carbonyl (C=O) groups excluding carboxylic acids is 1. The summed E-state index contributed by atoms with van der Waals surface area (Å²) in [5.41, 5.74) is 0.262. The second kappa shape index (κ2) is 5.67. The highest BCUT2D eigenvalue weighted by Gasteiger charge is 2.37. The summed E-state index contributed by atoms with van der Waals surface area (Å²) >= 11 is 0.